The van der Waals surface area contributed by atoms with E-state index in [2.05, 4.69) is 33.5 Å². The third kappa shape index (κ3) is 22.7. The number of amides is 5. The van der Waals surface area contributed by atoms with Gasteiger partial charge in [-0.3, -0.25) is 24.0 Å². The molecule has 0 aliphatic carbocycles. The Labute approximate surface area is 597 Å². The highest BCUT2D eigenvalue weighted by atomic mass is 16.8. The molecule has 6 aliphatic heterocycles. The summed E-state index contributed by atoms with van der Waals surface area (Å²) in [5, 5.41) is 159. The fourth-order valence-electron chi connectivity index (χ4n) is 13.8. The van der Waals surface area contributed by atoms with Crippen LogP contribution in [0.25, 0.3) is 0 Å². The molecule has 0 spiro atoms. The van der Waals surface area contributed by atoms with Crippen LogP contribution in [0.15, 0.2) is 24.3 Å². The average molecular weight is 1480 g/mol. The van der Waals surface area contributed by atoms with Crippen molar-refractivity contribution in [2.45, 2.75) is 302 Å². The summed E-state index contributed by atoms with van der Waals surface area (Å²) in [5.74, 6) is -3.44. The van der Waals surface area contributed by atoms with Gasteiger partial charge < -0.3 is 155 Å². The number of hydrogen-bond donors (Lipinski definition) is 18. The monoisotopic (exact) mass is 1480 g/mol. The van der Waals surface area contributed by atoms with Crippen LogP contribution in [0.5, 0.6) is 5.75 Å². The fourth-order valence-corrected chi connectivity index (χ4v) is 13.8. The second-order valence-corrected chi connectivity index (χ2v) is 27.0. The van der Waals surface area contributed by atoms with Crippen molar-refractivity contribution in [2.75, 3.05) is 53.4 Å². The predicted octanol–water partition coefficient (Wildman–Crippen LogP) is -5.28. The summed E-state index contributed by atoms with van der Waals surface area (Å²) in [4.78, 5) is 65.8. The summed E-state index contributed by atoms with van der Waals surface area (Å²) in [6.07, 6.45) is -30.8. The molecular formula is C67H111N5O31. The van der Waals surface area contributed by atoms with Gasteiger partial charge in [-0.2, -0.15) is 0 Å². The molecule has 103 heavy (non-hydrogen) atoms. The van der Waals surface area contributed by atoms with Gasteiger partial charge in [0, 0.05) is 47.0 Å². The molecule has 36 heteroatoms. The highest BCUT2D eigenvalue weighted by molar-refractivity contribution is 5.94. The predicted molar refractivity (Wildman–Crippen MR) is 352 cm³/mol. The van der Waals surface area contributed by atoms with E-state index < -0.39 is 246 Å². The van der Waals surface area contributed by atoms with Crippen molar-refractivity contribution in [1.29, 1.82) is 0 Å². The van der Waals surface area contributed by atoms with Gasteiger partial charge in [0.15, 0.2) is 31.5 Å². The van der Waals surface area contributed by atoms with Crippen molar-refractivity contribution in [3.05, 3.63) is 29.8 Å². The van der Waals surface area contributed by atoms with Crippen LogP contribution in [0.1, 0.15) is 129 Å². The Morgan fingerprint density at radius 2 is 0.854 bits per heavy atom. The second kappa shape index (κ2) is 41.6. The van der Waals surface area contributed by atoms with Crippen LogP contribution < -0.4 is 31.3 Å². The molecule has 1 aromatic rings. The lowest BCUT2D eigenvalue weighted by atomic mass is 9.89. The van der Waals surface area contributed by atoms with Crippen LogP contribution in [0, 0.1) is 0 Å². The van der Waals surface area contributed by atoms with Crippen molar-refractivity contribution < 1.29 is 152 Å². The van der Waals surface area contributed by atoms with E-state index in [4.69, 9.17) is 61.6 Å². The van der Waals surface area contributed by atoms with Crippen LogP contribution in [0.3, 0.4) is 0 Å². The van der Waals surface area contributed by atoms with Crippen LogP contribution in [0.4, 0.5) is 0 Å². The Morgan fingerprint density at radius 3 is 1.30 bits per heavy atom. The number of unbranched alkanes of at least 4 members (excludes halogenated alkanes) is 9. The lowest BCUT2D eigenvalue weighted by Gasteiger charge is -2.51. The zero-order valence-corrected chi connectivity index (χ0v) is 59.2. The van der Waals surface area contributed by atoms with Gasteiger partial charge >= 0.3 is 0 Å². The molecule has 0 saturated carbocycles. The third-order valence-electron chi connectivity index (χ3n) is 19.2. The number of carbonyl (C=O) groups is 5. The zero-order valence-electron chi connectivity index (χ0n) is 59.2. The normalized spacial score (nSPS) is 38.4. The topological polar surface area (TPSA) is 528 Å². The highest BCUT2D eigenvalue weighted by Gasteiger charge is 2.58. The van der Waals surface area contributed by atoms with Crippen molar-refractivity contribution in [1.82, 2.24) is 26.6 Å². The molecule has 590 valence electrons. The van der Waals surface area contributed by atoms with E-state index in [1.807, 2.05) is 0 Å². The van der Waals surface area contributed by atoms with E-state index in [0.717, 1.165) is 46.5 Å². The molecule has 7 rings (SSSR count). The summed E-state index contributed by atoms with van der Waals surface area (Å²) in [6.45, 7) is 3.78. The Hall–Kier alpha value is -4.63. The van der Waals surface area contributed by atoms with Crippen molar-refractivity contribution in [3.63, 3.8) is 0 Å². The Balaban J connectivity index is 1.08. The van der Waals surface area contributed by atoms with Gasteiger partial charge in [0.05, 0.1) is 57.9 Å². The van der Waals surface area contributed by atoms with E-state index >= 15 is 0 Å². The molecule has 30 atom stereocenters. The number of carbonyl (C=O) groups excluding carboxylic acids is 5. The molecule has 0 bridgehead atoms. The van der Waals surface area contributed by atoms with Crippen LogP contribution in [-0.2, 0) is 76.0 Å². The quantitative estimate of drug-likeness (QED) is 0.0277. The molecule has 36 nitrogen and oxygen atoms in total. The number of ether oxygens (including phenoxy) is 13. The van der Waals surface area contributed by atoms with Gasteiger partial charge in [-0.25, -0.2) is 0 Å². The molecule has 6 fully saturated rings. The minimum absolute atomic E-state index is 0.0646. The first-order chi connectivity index (χ1) is 49.2. The van der Waals surface area contributed by atoms with Gasteiger partial charge in [0.2, 0.25) is 23.6 Å². The number of aliphatic hydroxyl groups is 13. The second-order valence-electron chi connectivity index (χ2n) is 27.0. The number of aliphatic hydroxyl groups excluding tert-OH is 13. The van der Waals surface area contributed by atoms with Crippen molar-refractivity contribution >= 4 is 29.5 Å². The van der Waals surface area contributed by atoms with Crippen LogP contribution in [-0.4, -0.2) is 333 Å². The number of rotatable bonds is 37. The lowest BCUT2D eigenvalue weighted by Crippen LogP contribution is -2.72. The molecule has 6 saturated heterocycles. The number of hydrogen-bond acceptors (Lipinski definition) is 31. The lowest BCUT2D eigenvalue weighted by molar-refractivity contribution is -0.366. The first-order valence-corrected chi connectivity index (χ1v) is 35.5. The molecule has 5 amide bonds. The largest absolute Gasteiger partial charge is 0.494 e. The molecule has 6 aliphatic rings. The van der Waals surface area contributed by atoms with Crippen LogP contribution in [0.2, 0.25) is 0 Å². The van der Waals surface area contributed by atoms with Gasteiger partial charge in [0.25, 0.3) is 5.91 Å². The van der Waals surface area contributed by atoms with E-state index in [9.17, 15) is 90.4 Å². The van der Waals surface area contributed by atoms with Gasteiger partial charge in [-0.05, 0) is 50.8 Å². The van der Waals surface area contributed by atoms with Crippen LogP contribution >= 0.6 is 0 Å². The highest BCUT2D eigenvalue weighted by Crippen LogP contribution is 2.38. The minimum Gasteiger partial charge on any atom is -0.494 e. The van der Waals surface area contributed by atoms with Gasteiger partial charge in [-0.1, -0.05) is 64.4 Å². The Kier molecular flexibility index (Phi) is 34.6. The van der Waals surface area contributed by atoms with E-state index in [-0.39, 0.29) is 18.6 Å². The summed E-state index contributed by atoms with van der Waals surface area (Å²) < 4.78 is 79.6. The molecule has 18 N–H and O–H groups in total. The van der Waals surface area contributed by atoms with Gasteiger partial charge in [-0.15, -0.1) is 0 Å². The minimum atomic E-state index is -2.06. The SMILES string of the molecule is CCCCCCCCCCCOc1cccc(C(=O)NC2C(O[C@@H]3C(CO)OC(OC4C(CO)O[C@@H](O[C@@H]5C(CO)O[C@@H](OC6C(CO[C@@H]7OC(C)C(O)C(O)C7OC)O[C@@H](CCCCO)[C@@H](NC(C)=O)[C@H]6O)C(NC(C)=O)C5O)[C@@H](NC(C)=O)[C@H]4O)C(NC(C)=O)C3O)OC(CO)[C@@H](O)C2O)c1. The first-order valence-electron chi connectivity index (χ1n) is 35.5. The number of nitrogens with one attached hydrogen (secondary N) is 5. The molecule has 6 heterocycles. The fraction of sp³-hybridized carbons (Fsp3) is 0.836. The average Bonchev–Trinajstić information content (AvgIpc) is 0.764. The van der Waals surface area contributed by atoms with E-state index in [0.29, 0.717) is 25.2 Å². The summed E-state index contributed by atoms with van der Waals surface area (Å²) in [7, 11) is 1.25. The third-order valence-corrected chi connectivity index (χ3v) is 19.2. The standard InChI is InChI=1S/C67H111N5O31/c1-8-9-10-11-12-13-14-15-18-24-92-37-21-19-20-36(25-37)62(90)72-45-51(84)50(83)39(26-74)96-63(45)100-57-40(27-75)97-64(46(53(57)86)69-33(4)79)101-58-41(28-76)98-65(47(54(58)87)70-34(5)80)102-59-42(29-77)99-66(48(55(59)88)71-35(6)81)103-60-43(30-93-67-61(91-7)56(89)49(82)31(2)94-67)95-38(22-16-17-23-73)44(52(60)85)68-32(3)78/h19-21,25,31,38-61,63-67,73-77,82-89H,8-18,22-24,26-30H2,1-7H3,(H,68,78)(H,69,79)(H,70,80)(H,71,81)(H,72,90)/t31?,38-,39?,40?,41?,42?,43?,44+,45?,46?,47-,48?,49?,50+,51?,52+,53?,54+,55?,56?,57+,58?,59+,60?,61?,63?,64?,65-,66-,67+/m0/s1. The molecule has 0 aromatic heterocycles. The van der Waals surface area contributed by atoms with Crippen molar-refractivity contribution in [3.8, 4) is 5.75 Å². The Bertz CT molecular complexity index is 2760. The van der Waals surface area contributed by atoms with E-state index in [1.165, 1.54) is 65.2 Å². The maximum atomic E-state index is 14.0. The molecular weight excluding hydrogens is 1370 g/mol. The van der Waals surface area contributed by atoms with E-state index in [1.54, 1.807) is 12.1 Å². The molecule has 0 radical (unpaired) electrons. The summed E-state index contributed by atoms with van der Waals surface area (Å²) in [5.41, 5.74) is 0.0646. The van der Waals surface area contributed by atoms with Gasteiger partial charge in [0.1, 0.15) is 140 Å². The maximum absolute atomic E-state index is 14.0. The number of methoxy groups -OCH3 is 1. The number of benzene rings is 1. The smallest absolute Gasteiger partial charge is 0.251 e. The maximum Gasteiger partial charge on any atom is 0.251 e. The Morgan fingerprint density at radius 1 is 0.427 bits per heavy atom. The summed E-state index contributed by atoms with van der Waals surface area (Å²) in [6, 6.07) is -1.93. The molecule has 19 unspecified atom stereocenters. The van der Waals surface area contributed by atoms with Crippen molar-refractivity contribution in [2.24, 2.45) is 0 Å². The first kappa shape index (κ1) is 85.6. The molecule has 1 aromatic carbocycles. The zero-order chi connectivity index (χ0) is 75.4. The summed E-state index contributed by atoms with van der Waals surface area (Å²) >= 11 is 0.